The van der Waals surface area contributed by atoms with E-state index in [0.717, 1.165) is 59.9 Å². The fourth-order valence-electron chi connectivity index (χ4n) is 6.79. The van der Waals surface area contributed by atoms with Crippen LogP contribution in [0.1, 0.15) is 51.2 Å². The van der Waals surface area contributed by atoms with Crippen LogP contribution in [-0.4, -0.2) is 31.5 Å². The van der Waals surface area contributed by atoms with E-state index in [2.05, 4.69) is 15.5 Å². The quantitative estimate of drug-likeness (QED) is 0.497. The Bertz CT molecular complexity index is 1130. The highest BCUT2D eigenvalue weighted by atomic mass is 32.2. The lowest BCUT2D eigenvalue weighted by atomic mass is 9.53. The van der Waals surface area contributed by atoms with Crippen LogP contribution < -0.4 is 5.32 Å². The second-order valence-corrected chi connectivity index (χ2v) is 11.6. The van der Waals surface area contributed by atoms with Crippen molar-refractivity contribution in [2.45, 2.75) is 68.3 Å². The second-order valence-electron chi connectivity index (χ2n) is 10.3. The minimum atomic E-state index is -0.261. The van der Waals surface area contributed by atoms with Gasteiger partial charge in [0, 0.05) is 11.2 Å². The van der Waals surface area contributed by atoms with Crippen molar-refractivity contribution in [2.75, 3.05) is 0 Å². The van der Waals surface area contributed by atoms with Gasteiger partial charge in [-0.25, -0.2) is 0 Å². The van der Waals surface area contributed by atoms with Gasteiger partial charge in [-0.15, -0.1) is 10.2 Å². The first kappa shape index (κ1) is 21.0. The summed E-state index contributed by atoms with van der Waals surface area (Å²) in [5.74, 6) is 4.06. The Balaban J connectivity index is 1.25. The Morgan fingerprint density at radius 1 is 1.09 bits per heavy atom. The highest BCUT2D eigenvalue weighted by molar-refractivity contribution is 8.00. The van der Waals surface area contributed by atoms with Crippen molar-refractivity contribution in [1.82, 2.24) is 20.1 Å². The summed E-state index contributed by atoms with van der Waals surface area (Å²) in [6.07, 6.45) is 9.26. The number of amides is 1. The summed E-state index contributed by atoms with van der Waals surface area (Å²) in [5, 5.41) is 12.9. The van der Waals surface area contributed by atoms with Crippen LogP contribution in [0.2, 0.25) is 0 Å². The van der Waals surface area contributed by atoms with Gasteiger partial charge in [-0.05, 0) is 88.3 Å². The molecule has 1 unspecified atom stereocenters. The molecule has 0 saturated heterocycles. The zero-order chi connectivity index (χ0) is 22.6. The number of thioether (sulfide) groups is 1. The molecular formula is C26H30N4O2S. The molecule has 0 aliphatic heterocycles. The van der Waals surface area contributed by atoms with Gasteiger partial charge in [-0.3, -0.25) is 9.36 Å². The van der Waals surface area contributed by atoms with Crippen LogP contribution in [0.5, 0.6) is 0 Å². The molecule has 2 aromatic heterocycles. The zero-order valence-corrected chi connectivity index (χ0v) is 20.0. The molecule has 0 spiro atoms. The third-order valence-corrected chi connectivity index (χ3v) is 8.87. The summed E-state index contributed by atoms with van der Waals surface area (Å²) in [4.78, 5) is 13.4. The van der Waals surface area contributed by atoms with Crippen molar-refractivity contribution in [3.63, 3.8) is 0 Å². The number of hydrogen-bond donors (Lipinski definition) is 1. The molecule has 4 saturated carbocycles. The standard InChI is InChI=1S/C26H30N4O2S/c1-16-22(8-9-32-16)23-28-29-25(30(23)21-6-4-3-5-7-21)33-17(2)24(31)27-26-13-18-10-19(14-26)12-20(11-18)15-26/h3-9,17-20H,10-15H2,1-2H3,(H,27,31). The van der Waals surface area contributed by atoms with Crippen molar-refractivity contribution in [3.05, 3.63) is 48.4 Å². The molecule has 172 valence electrons. The Kier molecular flexibility index (Phi) is 5.13. The number of carbonyl (C=O) groups is 1. The highest BCUT2D eigenvalue weighted by Gasteiger charge is 2.51. The molecule has 4 aliphatic carbocycles. The van der Waals surface area contributed by atoms with Crippen LogP contribution in [0.25, 0.3) is 17.1 Å². The number of furan rings is 1. The van der Waals surface area contributed by atoms with Gasteiger partial charge in [0.1, 0.15) is 5.76 Å². The number of aromatic nitrogens is 3. The molecule has 1 N–H and O–H groups in total. The van der Waals surface area contributed by atoms with Crippen molar-refractivity contribution in [3.8, 4) is 17.1 Å². The Morgan fingerprint density at radius 2 is 1.76 bits per heavy atom. The summed E-state index contributed by atoms with van der Waals surface area (Å²) in [6, 6.07) is 12.0. The van der Waals surface area contributed by atoms with Gasteiger partial charge in [0.25, 0.3) is 0 Å². The molecule has 0 radical (unpaired) electrons. The minimum absolute atomic E-state index is 0.0207. The van der Waals surface area contributed by atoms with E-state index in [-0.39, 0.29) is 16.7 Å². The topological polar surface area (TPSA) is 72.9 Å². The van der Waals surface area contributed by atoms with Crippen LogP contribution in [-0.2, 0) is 4.79 Å². The predicted octanol–water partition coefficient (Wildman–Crippen LogP) is 5.40. The molecule has 4 bridgehead atoms. The fourth-order valence-corrected chi connectivity index (χ4v) is 7.65. The smallest absolute Gasteiger partial charge is 0.233 e. The van der Waals surface area contributed by atoms with E-state index in [4.69, 9.17) is 4.42 Å². The third-order valence-electron chi connectivity index (χ3n) is 7.83. The van der Waals surface area contributed by atoms with E-state index in [1.54, 1.807) is 6.26 Å². The number of benzene rings is 1. The molecule has 1 aromatic carbocycles. The molecule has 3 aromatic rings. The van der Waals surface area contributed by atoms with Gasteiger partial charge >= 0.3 is 0 Å². The molecule has 6 nitrogen and oxygen atoms in total. The van der Waals surface area contributed by atoms with Gasteiger partial charge in [-0.2, -0.15) is 0 Å². The molecule has 33 heavy (non-hydrogen) atoms. The third kappa shape index (κ3) is 3.80. The molecule has 4 fully saturated rings. The van der Waals surface area contributed by atoms with Crippen molar-refractivity contribution in [1.29, 1.82) is 0 Å². The minimum Gasteiger partial charge on any atom is -0.469 e. The van der Waals surface area contributed by atoms with E-state index in [9.17, 15) is 4.79 Å². The largest absolute Gasteiger partial charge is 0.469 e. The van der Waals surface area contributed by atoms with E-state index >= 15 is 0 Å². The maximum Gasteiger partial charge on any atom is 0.233 e. The fraction of sp³-hybridized carbons (Fsp3) is 0.500. The number of aryl methyl sites for hydroxylation is 1. The van der Waals surface area contributed by atoms with Crippen LogP contribution in [0.15, 0.2) is 52.2 Å². The average molecular weight is 463 g/mol. The average Bonchev–Trinajstić information content (AvgIpc) is 3.38. The van der Waals surface area contributed by atoms with E-state index in [1.807, 2.05) is 54.8 Å². The summed E-state index contributed by atoms with van der Waals surface area (Å²) in [5.41, 5.74) is 1.89. The zero-order valence-electron chi connectivity index (χ0n) is 19.2. The molecule has 7 heteroatoms. The van der Waals surface area contributed by atoms with Gasteiger partial charge in [0.05, 0.1) is 17.1 Å². The SMILES string of the molecule is Cc1occc1-c1nnc(SC(C)C(=O)NC23CC4CC(CC(C4)C2)C3)n1-c1ccccc1. The van der Waals surface area contributed by atoms with Crippen LogP contribution in [0, 0.1) is 24.7 Å². The van der Waals surface area contributed by atoms with Crippen LogP contribution in [0.3, 0.4) is 0 Å². The Morgan fingerprint density at radius 3 is 2.36 bits per heavy atom. The van der Waals surface area contributed by atoms with Gasteiger partial charge in [-0.1, -0.05) is 30.0 Å². The van der Waals surface area contributed by atoms with Crippen LogP contribution >= 0.6 is 11.8 Å². The lowest BCUT2D eigenvalue weighted by Crippen LogP contribution is -2.60. The van der Waals surface area contributed by atoms with Gasteiger partial charge < -0.3 is 9.73 Å². The summed E-state index contributed by atoms with van der Waals surface area (Å²) >= 11 is 1.47. The Hall–Kier alpha value is -2.54. The molecule has 7 rings (SSSR count). The van der Waals surface area contributed by atoms with Crippen molar-refractivity contribution < 1.29 is 9.21 Å². The van der Waals surface area contributed by atoms with Crippen molar-refractivity contribution >= 4 is 17.7 Å². The number of nitrogens with zero attached hydrogens (tertiary/aromatic N) is 3. The number of rotatable bonds is 6. The lowest BCUT2D eigenvalue weighted by Gasteiger charge is -2.57. The molecule has 4 aliphatic rings. The van der Waals surface area contributed by atoms with Gasteiger partial charge in [0.2, 0.25) is 5.91 Å². The van der Waals surface area contributed by atoms with Crippen LogP contribution in [0.4, 0.5) is 0 Å². The van der Waals surface area contributed by atoms with E-state index in [0.29, 0.717) is 5.16 Å². The molecule has 2 heterocycles. The monoisotopic (exact) mass is 462 g/mol. The maximum absolute atomic E-state index is 13.4. The maximum atomic E-state index is 13.4. The predicted molar refractivity (Wildman–Crippen MR) is 128 cm³/mol. The van der Waals surface area contributed by atoms with E-state index < -0.39 is 0 Å². The summed E-state index contributed by atoms with van der Waals surface area (Å²) in [6.45, 7) is 3.90. The number of nitrogens with one attached hydrogen (secondary N) is 1. The second kappa shape index (κ2) is 8.05. The number of carbonyl (C=O) groups excluding carboxylic acids is 1. The Labute approximate surface area is 198 Å². The summed E-state index contributed by atoms with van der Waals surface area (Å²) in [7, 11) is 0. The van der Waals surface area contributed by atoms with Gasteiger partial charge in [0.15, 0.2) is 11.0 Å². The first-order valence-corrected chi connectivity index (χ1v) is 12.9. The first-order chi connectivity index (χ1) is 16.0. The normalized spacial score (nSPS) is 28.7. The number of hydrogen-bond acceptors (Lipinski definition) is 5. The molecular weight excluding hydrogens is 432 g/mol. The molecule has 1 amide bonds. The van der Waals surface area contributed by atoms with Crippen molar-refractivity contribution in [2.24, 2.45) is 17.8 Å². The summed E-state index contributed by atoms with van der Waals surface area (Å²) < 4.78 is 7.55. The first-order valence-electron chi connectivity index (χ1n) is 12.0. The van der Waals surface area contributed by atoms with E-state index in [1.165, 1.54) is 31.0 Å². The molecule has 1 atom stereocenters. The number of para-hydroxylation sites is 1. The highest BCUT2D eigenvalue weighted by Crippen LogP contribution is 2.55. The lowest BCUT2D eigenvalue weighted by molar-refractivity contribution is -0.126.